The lowest BCUT2D eigenvalue weighted by Crippen LogP contribution is -2.40. The van der Waals surface area contributed by atoms with Gasteiger partial charge in [0.1, 0.15) is 0 Å². The number of hydrogen-bond donors (Lipinski definition) is 2. The fourth-order valence-corrected chi connectivity index (χ4v) is 1.45. The third-order valence-corrected chi connectivity index (χ3v) is 2.30. The molecule has 0 radical (unpaired) electrons. The monoisotopic (exact) mass is 258 g/mol. The molecule has 100 valence electrons. The van der Waals surface area contributed by atoms with E-state index >= 15 is 0 Å². The Bertz CT molecular complexity index is 360. The summed E-state index contributed by atoms with van der Waals surface area (Å²) in [5.74, 6) is -0.465. The molecular formula is C12H16F2N2O2. The summed E-state index contributed by atoms with van der Waals surface area (Å²) in [5, 5.41) is 11.6. The van der Waals surface area contributed by atoms with Gasteiger partial charge in [0.05, 0.1) is 19.7 Å². The van der Waals surface area contributed by atoms with Crippen molar-refractivity contribution < 1.29 is 18.7 Å². The van der Waals surface area contributed by atoms with Crippen LogP contribution in [0.4, 0.5) is 14.5 Å². The molecule has 0 aliphatic carbocycles. The fourth-order valence-electron chi connectivity index (χ4n) is 1.45. The molecule has 0 bridgehead atoms. The molecule has 0 aromatic heterocycles. The minimum absolute atomic E-state index is 0.0727. The van der Waals surface area contributed by atoms with E-state index < -0.39 is 18.9 Å². The highest BCUT2D eigenvalue weighted by Gasteiger charge is 2.17. The molecule has 1 amide bonds. The topological polar surface area (TPSA) is 52.6 Å². The number of anilines is 1. The van der Waals surface area contributed by atoms with Gasteiger partial charge in [-0.1, -0.05) is 18.2 Å². The van der Waals surface area contributed by atoms with Gasteiger partial charge >= 0.3 is 0 Å². The molecule has 1 aromatic rings. The number of benzene rings is 1. The second kappa shape index (κ2) is 7.60. The maximum absolute atomic E-state index is 12.2. The number of rotatable bonds is 7. The number of para-hydroxylation sites is 1. The summed E-state index contributed by atoms with van der Waals surface area (Å²) in [6.45, 7) is -1.14. The number of carbonyl (C=O) groups is 1. The van der Waals surface area contributed by atoms with Crippen molar-refractivity contribution in [2.24, 2.45) is 0 Å². The maximum atomic E-state index is 12.2. The van der Waals surface area contributed by atoms with Crippen molar-refractivity contribution in [3.8, 4) is 0 Å². The van der Waals surface area contributed by atoms with Crippen molar-refractivity contribution >= 4 is 11.6 Å². The molecule has 1 aromatic carbocycles. The number of amides is 1. The zero-order valence-corrected chi connectivity index (χ0v) is 9.85. The number of nitrogens with one attached hydrogen (secondary N) is 1. The number of nitrogens with zero attached hydrogens (tertiary/aromatic N) is 1. The van der Waals surface area contributed by atoms with Crippen LogP contribution in [0, 0.1) is 0 Å². The van der Waals surface area contributed by atoms with E-state index in [-0.39, 0.29) is 19.7 Å². The van der Waals surface area contributed by atoms with Crippen molar-refractivity contribution in [2.45, 2.75) is 6.43 Å². The molecule has 0 saturated heterocycles. The number of carbonyl (C=O) groups excluding carboxylic acids is 1. The molecule has 0 spiro atoms. The van der Waals surface area contributed by atoms with Crippen LogP contribution in [0.1, 0.15) is 0 Å². The minimum atomic E-state index is -2.60. The third kappa shape index (κ3) is 5.09. The maximum Gasteiger partial charge on any atom is 0.255 e. The van der Waals surface area contributed by atoms with Crippen molar-refractivity contribution in [1.82, 2.24) is 4.90 Å². The molecule has 0 heterocycles. The van der Waals surface area contributed by atoms with Crippen LogP contribution in [0.25, 0.3) is 0 Å². The van der Waals surface area contributed by atoms with Gasteiger partial charge < -0.3 is 15.3 Å². The Morgan fingerprint density at radius 1 is 1.33 bits per heavy atom. The molecule has 0 unspecified atom stereocenters. The first kappa shape index (κ1) is 14.4. The number of alkyl halides is 2. The number of halogens is 2. The van der Waals surface area contributed by atoms with Crippen LogP contribution in [0.2, 0.25) is 0 Å². The molecule has 0 fully saturated rings. The summed E-state index contributed by atoms with van der Waals surface area (Å²) < 4.78 is 24.5. The Balaban J connectivity index is 2.46. The number of hydrogen-bond acceptors (Lipinski definition) is 3. The van der Waals surface area contributed by atoms with Gasteiger partial charge in [0.15, 0.2) is 0 Å². The molecule has 18 heavy (non-hydrogen) atoms. The zero-order valence-electron chi connectivity index (χ0n) is 9.85. The average molecular weight is 258 g/mol. The summed E-state index contributed by atoms with van der Waals surface area (Å²) in [6.07, 6.45) is -2.60. The molecule has 0 atom stereocenters. The predicted octanol–water partition coefficient (Wildman–Crippen LogP) is 1.18. The normalized spacial score (nSPS) is 10.4. The SMILES string of the molecule is O=C(CNc1ccccc1)N(CCO)CC(F)F. The van der Waals surface area contributed by atoms with Gasteiger partial charge in [0.2, 0.25) is 5.91 Å². The van der Waals surface area contributed by atoms with Crippen molar-refractivity contribution in [3.63, 3.8) is 0 Å². The van der Waals surface area contributed by atoms with Gasteiger partial charge in [-0.05, 0) is 12.1 Å². The van der Waals surface area contributed by atoms with Crippen molar-refractivity contribution in [1.29, 1.82) is 0 Å². The first-order valence-electron chi connectivity index (χ1n) is 5.59. The van der Waals surface area contributed by atoms with Crippen molar-refractivity contribution in [2.75, 3.05) is 31.6 Å². The average Bonchev–Trinajstić information content (AvgIpc) is 2.36. The smallest absolute Gasteiger partial charge is 0.255 e. The summed E-state index contributed by atoms with van der Waals surface area (Å²) in [5.41, 5.74) is 0.742. The molecule has 0 aliphatic heterocycles. The summed E-state index contributed by atoms with van der Waals surface area (Å²) in [7, 11) is 0. The standard InChI is InChI=1S/C12H16F2N2O2/c13-11(14)9-16(6-7-17)12(18)8-15-10-4-2-1-3-5-10/h1-5,11,15,17H,6-9H2. The van der Waals surface area contributed by atoms with Crippen LogP contribution in [0.15, 0.2) is 30.3 Å². The highest BCUT2D eigenvalue weighted by atomic mass is 19.3. The van der Waals surface area contributed by atoms with Crippen molar-refractivity contribution in [3.05, 3.63) is 30.3 Å². The van der Waals surface area contributed by atoms with E-state index in [2.05, 4.69) is 5.32 Å². The van der Waals surface area contributed by atoms with E-state index in [1.54, 1.807) is 24.3 Å². The molecule has 0 aliphatic rings. The first-order valence-corrected chi connectivity index (χ1v) is 5.59. The molecule has 0 saturated carbocycles. The van der Waals surface area contributed by atoms with E-state index in [0.29, 0.717) is 0 Å². The van der Waals surface area contributed by atoms with E-state index in [4.69, 9.17) is 5.11 Å². The van der Waals surface area contributed by atoms with E-state index in [1.165, 1.54) is 0 Å². The Labute approximate surface area is 104 Å². The van der Waals surface area contributed by atoms with E-state index in [1.807, 2.05) is 6.07 Å². The summed E-state index contributed by atoms with van der Waals surface area (Å²) >= 11 is 0. The van der Waals surface area contributed by atoms with Crippen LogP contribution in [0.3, 0.4) is 0 Å². The Morgan fingerprint density at radius 2 is 2.00 bits per heavy atom. The molecule has 2 N–H and O–H groups in total. The van der Waals surface area contributed by atoms with Gasteiger partial charge in [-0.2, -0.15) is 0 Å². The Morgan fingerprint density at radius 3 is 2.56 bits per heavy atom. The fraction of sp³-hybridized carbons (Fsp3) is 0.417. The summed E-state index contributed by atoms with van der Waals surface area (Å²) in [6, 6.07) is 8.99. The van der Waals surface area contributed by atoms with Gasteiger partial charge in [-0.15, -0.1) is 0 Å². The second-order valence-electron chi connectivity index (χ2n) is 3.67. The lowest BCUT2D eigenvalue weighted by Gasteiger charge is -2.21. The van der Waals surface area contributed by atoms with Gasteiger partial charge in [-0.3, -0.25) is 4.79 Å². The lowest BCUT2D eigenvalue weighted by molar-refractivity contribution is -0.131. The van der Waals surface area contributed by atoms with Gasteiger partial charge in [-0.25, -0.2) is 8.78 Å². The number of aliphatic hydroxyl groups excluding tert-OH is 1. The van der Waals surface area contributed by atoms with Gasteiger partial charge in [0.25, 0.3) is 6.43 Å². The molecular weight excluding hydrogens is 242 g/mol. The minimum Gasteiger partial charge on any atom is -0.395 e. The van der Waals surface area contributed by atoms with E-state index in [0.717, 1.165) is 10.6 Å². The third-order valence-electron chi connectivity index (χ3n) is 2.30. The molecule has 4 nitrogen and oxygen atoms in total. The quantitative estimate of drug-likeness (QED) is 0.772. The predicted molar refractivity (Wildman–Crippen MR) is 64.6 cm³/mol. The first-order chi connectivity index (χ1) is 8.63. The molecule has 6 heteroatoms. The zero-order chi connectivity index (χ0) is 13.4. The highest BCUT2D eigenvalue weighted by molar-refractivity contribution is 5.80. The van der Waals surface area contributed by atoms with Crippen LogP contribution in [-0.4, -0.2) is 48.6 Å². The Hall–Kier alpha value is -1.69. The van der Waals surface area contributed by atoms with E-state index in [9.17, 15) is 13.6 Å². The largest absolute Gasteiger partial charge is 0.395 e. The molecule has 1 rings (SSSR count). The van der Waals surface area contributed by atoms with Crippen LogP contribution >= 0.6 is 0 Å². The highest BCUT2D eigenvalue weighted by Crippen LogP contribution is 2.05. The number of aliphatic hydroxyl groups is 1. The Kier molecular flexibility index (Phi) is 6.07. The lowest BCUT2D eigenvalue weighted by atomic mass is 10.3. The van der Waals surface area contributed by atoms with Gasteiger partial charge in [0, 0.05) is 12.2 Å². The van der Waals surface area contributed by atoms with Crippen LogP contribution < -0.4 is 5.32 Å². The summed E-state index contributed by atoms with van der Waals surface area (Å²) in [4.78, 5) is 12.6. The van der Waals surface area contributed by atoms with Crippen LogP contribution in [0.5, 0.6) is 0 Å². The van der Waals surface area contributed by atoms with Crippen LogP contribution in [-0.2, 0) is 4.79 Å². The second-order valence-corrected chi connectivity index (χ2v) is 3.67.